The van der Waals surface area contributed by atoms with Crippen LogP contribution in [0.1, 0.15) is 23.6 Å². The summed E-state index contributed by atoms with van der Waals surface area (Å²) >= 11 is 0. The molecule has 4 rings (SSSR count). The molecule has 0 aliphatic carbocycles. The molecule has 3 aromatic rings. The highest BCUT2D eigenvalue weighted by Crippen LogP contribution is 2.26. The number of nitrogens with zero attached hydrogens (tertiary/aromatic N) is 4. The van der Waals surface area contributed by atoms with Gasteiger partial charge in [-0.25, -0.2) is 4.68 Å². The van der Waals surface area contributed by atoms with Gasteiger partial charge in [0.25, 0.3) is 0 Å². The van der Waals surface area contributed by atoms with Crippen LogP contribution in [0.4, 0.5) is 0 Å². The highest BCUT2D eigenvalue weighted by atomic mass is 15.3. The van der Waals surface area contributed by atoms with Crippen molar-refractivity contribution >= 4 is 0 Å². The van der Waals surface area contributed by atoms with Crippen molar-refractivity contribution in [2.75, 3.05) is 32.7 Å². The Morgan fingerprint density at radius 3 is 2.25 bits per heavy atom. The van der Waals surface area contributed by atoms with Crippen LogP contribution in [0, 0.1) is 13.8 Å². The molecule has 0 spiro atoms. The van der Waals surface area contributed by atoms with Crippen molar-refractivity contribution in [3.05, 3.63) is 71.4 Å². The second kappa shape index (κ2) is 8.29. The van der Waals surface area contributed by atoms with E-state index in [1.165, 1.54) is 22.3 Å². The van der Waals surface area contributed by atoms with Crippen LogP contribution in [0.25, 0.3) is 16.9 Å². The lowest BCUT2D eigenvalue weighted by molar-refractivity contribution is 0.132. The van der Waals surface area contributed by atoms with E-state index in [0.29, 0.717) is 0 Å². The smallest absolute Gasteiger partial charge is 0.0972 e. The first-order chi connectivity index (χ1) is 13.6. The first-order valence-corrected chi connectivity index (χ1v) is 10.3. The van der Waals surface area contributed by atoms with Gasteiger partial charge in [0.15, 0.2) is 0 Å². The summed E-state index contributed by atoms with van der Waals surface area (Å²) in [7, 11) is 0. The second-order valence-corrected chi connectivity index (χ2v) is 7.86. The van der Waals surface area contributed by atoms with Gasteiger partial charge in [0.2, 0.25) is 0 Å². The van der Waals surface area contributed by atoms with Crippen molar-refractivity contribution in [3.8, 4) is 16.9 Å². The third-order valence-corrected chi connectivity index (χ3v) is 5.69. The number of aryl methyl sites for hydroxylation is 2. The summed E-state index contributed by atoms with van der Waals surface area (Å²) in [6, 6.07) is 17.3. The molecule has 0 radical (unpaired) electrons. The molecule has 2 aromatic carbocycles. The lowest BCUT2D eigenvalue weighted by atomic mass is 10.1. The summed E-state index contributed by atoms with van der Waals surface area (Å²) in [4.78, 5) is 5.08. The Kier molecular flexibility index (Phi) is 5.60. The van der Waals surface area contributed by atoms with Crippen LogP contribution >= 0.6 is 0 Å². The monoisotopic (exact) mass is 374 g/mol. The Bertz CT molecular complexity index is 918. The molecule has 0 atom stereocenters. The van der Waals surface area contributed by atoms with Gasteiger partial charge in [0.05, 0.1) is 11.4 Å². The van der Waals surface area contributed by atoms with Gasteiger partial charge in [-0.1, -0.05) is 48.4 Å². The van der Waals surface area contributed by atoms with Crippen LogP contribution in [-0.4, -0.2) is 52.3 Å². The van der Waals surface area contributed by atoms with Gasteiger partial charge in [-0.15, -0.1) is 0 Å². The zero-order valence-electron chi connectivity index (χ0n) is 17.2. The van der Waals surface area contributed by atoms with Crippen LogP contribution in [0.15, 0.2) is 54.7 Å². The van der Waals surface area contributed by atoms with Crippen molar-refractivity contribution in [3.63, 3.8) is 0 Å². The van der Waals surface area contributed by atoms with Crippen LogP contribution in [0.2, 0.25) is 0 Å². The maximum absolute atomic E-state index is 5.00. The molecule has 146 valence electrons. The van der Waals surface area contributed by atoms with E-state index in [1.54, 1.807) is 0 Å². The quantitative estimate of drug-likeness (QED) is 0.666. The molecule has 0 N–H and O–H groups in total. The minimum atomic E-state index is 0.951. The zero-order chi connectivity index (χ0) is 19.5. The molecule has 4 nitrogen and oxygen atoms in total. The van der Waals surface area contributed by atoms with Gasteiger partial charge >= 0.3 is 0 Å². The minimum absolute atomic E-state index is 0.951. The zero-order valence-corrected chi connectivity index (χ0v) is 17.2. The number of likely N-dealkylation sites (N-methyl/N-ethyl adjacent to an activating group) is 1. The molecule has 1 aliphatic rings. The van der Waals surface area contributed by atoms with E-state index in [4.69, 9.17) is 5.10 Å². The molecule has 0 bridgehead atoms. The lowest BCUT2D eigenvalue weighted by Gasteiger charge is -2.33. The van der Waals surface area contributed by atoms with Gasteiger partial charge in [-0.3, -0.25) is 4.90 Å². The highest BCUT2D eigenvalue weighted by molar-refractivity contribution is 5.64. The van der Waals surface area contributed by atoms with Crippen molar-refractivity contribution in [1.82, 2.24) is 19.6 Å². The van der Waals surface area contributed by atoms with E-state index in [9.17, 15) is 0 Å². The van der Waals surface area contributed by atoms with Crippen LogP contribution in [0.3, 0.4) is 0 Å². The van der Waals surface area contributed by atoms with Gasteiger partial charge in [0.1, 0.15) is 0 Å². The lowest BCUT2D eigenvalue weighted by Crippen LogP contribution is -2.45. The highest BCUT2D eigenvalue weighted by Gasteiger charge is 2.19. The third kappa shape index (κ3) is 4.18. The summed E-state index contributed by atoms with van der Waals surface area (Å²) in [5.41, 5.74) is 7.25. The summed E-state index contributed by atoms with van der Waals surface area (Å²) in [5, 5.41) is 5.00. The fourth-order valence-corrected chi connectivity index (χ4v) is 3.90. The fourth-order valence-electron chi connectivity index (χ4n) is 3.90. The average Bonchev–Trinajstić information content (AvgIpc) is 3.13. The summed E-state index contributed by atoms with van der Waals surface area (Å²) in [5.74, 6) is 0. The van der Waals surface area contributed by atoms with E-state index in [1.807, 2.05) is 4.68 Å². The number of rotatable bonds is 5. The van der Waals surface area contributed by atoms with E-state index >= 15 is 0 Å². The largest absolute Gasteiger partial charge is 0.301 e. The Labute approximate surface area is 168 Å². The number of aromatic nitrogens is 2. The standard InChI is InChI=1S/C24H30N4/c1-4-26-12-14-27(15-13-26)17-22-18-28(23-10-8-19(2)9-11-23)25-24(22)21-7-5-6-20(3)16-21/h5-11,16,18H,4,12-15,17H2,1-3H3. The number of piperazine rings is 1. The van der Waals surface area contributed by atoms with Crippen molar-refractivity contribution in [2.24, 2.45) is 0 Å². The summed E-state index contributed by atoms with van der Waals surface area (Å²) in [6.07, 6.45) is 2.22. The molecular weight excluding hydrogens is 344 g/mol. The van der Waals surface area contributed by atoms with E-state index in [-0.39, 0.29) is 0 Å². The van der Waals surface area contributed by atoms with Crippen LogP contribution in [-0.2, 0) is 6.54 Å². The Morgan fingerprint density at radius 1 is 0.857 bits per heavy atom. The van der Waals surface area contributed by atoms with Gasteiger partial charge in [-0.05, 0) is 38.6 Å². The fraction of sp³-hybridized carbons (Fsp3) is 0.375. The molecule has 1 saturated heterocycles. The van der Waals surface area contributed by atoms with Crippen molar-refractivity contribution < 1.29 is 0 Å². The maximum atomic E-state index is 5.00. The van der Waals surface area contributed by atoms with E-state index in [0.717, 1.165) is 50.6 Å². The predicted octanol–water partition coefficient (Wildman–Crippen LogP) is 4.29. The number of hydrogen-bond acceptors (Lipinski definition) is 3. The predicted molar refractivity (Wildman–Crippen MR) is 116 cm³/mol. The third-order valence-electron chi connectivity index (χ3n) is 5.69. The SMILES string of the molecule is CCN1CCN(Cc2cn(-c3ccc(C)cc3)nc2-c2cccc(C)c2)CC1. The Balaban J connectivity index is 1.66. The topological polar surface area (TPSA) is 24.3 Å². The molecule has 1 fully saturated rings. The van der Waals surface area contributed by atoms with Gasteiger partial charge in [0, 0.05) is 50.0 Å². The molecule has 28 heavy (non-hydrogen) atoms. The molecule has 0 saturated carbocycles. The molecule has 1 aliphatic heterocycles. The number of hydrogen-bond donors (Lipinski definition) is 0. The van der Waals surface area contributed by atoms with Gasteiger partial charge in [-0.2, -0.15) is 5.10 Å². The minimum Gasteiger partial charge on any atom is -0.301 e. The van der Waals surface area contributed by atoms with Gasteiger partial charge < -0.3 is 4.90 Å². The molecule has 2 heterocycles. The Morgan fingerprint density at radius 2 is 1.57 bits per heavy atom. The van der Waals surface area contributed by atoms with Crippen LogP contribution < -0.4 is 0 Å². The normalized spacial score (nSPS) is 15.8. The second-order valence-electron chi connectivity index (χ2n) is 7.86. The average molecular weight is 375 g/mol. The number of benzene rings is 2. The van der Waals surface area contributed by atoms with Crippen molar-refractivity contribution in [2.45, 2.75) is 27.3 Å². The molecule has 1 aromatic heterocycles. The van der Waals surface area contributed by atoms with Crippen molar-refractivity contribution in [1.29, 1.82) is 0 Å². The first-order valence-electron chi connectivity index (χ1n) is 10.3. The molecular formula is C24H30N4. The summed E-state index contributed by atoms with van der Waals surface area (Å²) in [6.45, 7) is 13.2. The molecule has 0 amide bonds. The molecule has 0 unspecified atom stereocenters. The first kappa shape index (κ1) is 18.9. The molecule has 4 heteroatoms. The van der Waals surface area contributed by atoms with Crippen LogP contribution in [0.5, 0.6) is 0 Å². The van der Waals surface area contributed by atoms with E-state index in [2.05, 4.69) is 85.3 Å². The maximum Gasteiger partial charge on any atom is 0.0972 e. The summed E-state index contributed by atoms with van der Waals surface area (Å²) < 4.78 is 2.04. The Hall–Kier alpha value is -2.43. The van der Waals surface area contributed by atoms with E-state index < -0.39 is 0 Å².